The molecule has 0 spiro atoms. The van der Waals surface area contributed by atoms with E-state index in [1.54, 1.807) is 19.1 Å². The normalized spacial score (nSPS) is 9.62. The Bertz CT molecular complexity index is 133. The number of hydrogen-bond donors (Lipinski definition) is 1. The van der Waals surface area contributed by atoms with E-state index in [0.717, 1.165) is 6.54 Å². The maximum absolute atomic E-state index is 5.15. The predicted molar refractivity (Wildman–Crippen MR) is 30.7 cm³/mol. The average Bonchev–Trinajstić information content (AvgIpc) is 2.19. The molecule has 0 aromatic carbocycles. The van der Waals surface area contributed by atoms with Crippen LogP contribution >= 0.6 is 0 Å². The Morgan fingerprint density at radius 2 is 2.62 bits per heavy atom. The van der Waals surface area contributed by atoms with Crippen molar-refractivity contribution in [3.63, 3.8) is 0 Å². The van der Waals surface area contributed by atoms with Crippen LogP contribution in [0.1, 0.15) is 0 Å². The van der Waals surface area contributed by atoms with Crippen LogP contribution in [0.25, 0.3) is 0 Å². The fraction of sp³-hybridized carbons (Fsp3) is 0.200. The third kappa shape index (κ3) is 1.07. The van der Waals surface area contributed by atoms with Gasteiger partial charge in [-0.1, -0.05) is 0 Å². The highest BCUT2D eigenvalue weighted by molar-refractivity contribution is 4.75. The van der Waals surface area contributed by atoms with Gasteiger partial charge in [-0.15, -0.1) is 0 Å². The number of rotatable bonds is 2. The molecule has 0 saturated heterocycles. The molecular formula is C5H8N3. The number of nitrogens with zero attached hydrogens (tertiary/aromatic N) is 2. The smallest absolute Gasteiger partial charge is 0.0946 e. The fourth-order valence-corrected chi connectivity index (χ4v) is 0.516. The highest BCUT2D eigenvalue weighted by Crippen LogP contribution is 1.83. The molecule has 0 aliphatic heterocycles. The van der Waals surface area contributed by atoms with Crippen molar-refractivity contribution in [2.24, 2.45) is 5.73 Å². The number of imidazole rings is 1. The van der Waals surface area contributed by atoms with Crippen molar-refractivity contribution in [1.29, 1.82) is 0 Å². The summed E-state index contributed by atoms with van der Waals surface area (Å²) in [4.78, 5) is 3.83. The summed E-state index contributed by atoms with van der Waals surface area (Å²) in [5.74, 6) is 0. The van der Waals surface area contributed by atoms with Crippen LogP contribution in [0.3, 0.4) is 0 Å². The molecule has 43 valence electrons. The van der Waals surface area contributed by atoms with Gasteiger partial charge in [-0.05, 0) is 0 Å². The second-order valence-electron chi connectivity index (χ2n) is 1.50. The van der Waals surface area contributed by atoms with Gasteiger partial charge in [-0.3, -0.25) is 0 Å². The van der Waals surface area contributed by atoms with E-state index in [9.17, 15) is 0 Å². The summed E-state index contributed by atoms with van der Waals surface area (Å²) in [6, 6.07) is 0. The largest absolute Gasteiger partial charge is 0.336 e. The molecule has 0 unspecified atom stereocenters. The molecule has 0 amide bonds. The molecule has 2 N–H and O–H groups in total. The Labute approximate surface area is 48.1 Å². The van der Waals surface area contributed by atoms with Gasteiger partial charge >= 0.3 is 0 Å². The van der Waals surface area contributed by atoms with E-state index in [1.807, 2.05) is 10.8 Å². The first kappa shape index (κ1) is 5.31. The molecule has 0 aliphatic rings. The van der Waals surface area contributed by atoms with Crippen LogP contribution in [0.2, 0.25) is 0 Å². The number of aromatic nitrogens is 2. The summed E-state index contributed by atoms with van der Waals surface area (Å²) in [6.07, 6.45) is 5.32. The lowest BCUT2D eigenvalue weighted by atomic mass is 10.6. The van der Waals surface area contributed by atoms with Gasteiger partial charge in [-0.25, -0.2) is 4.98 Å². The molecule has 1 rings (SSSR count). The predicted octanol–water partition coefficient (Wildman–Crippen LogP) is 0.00359. The minimum absolute atomic E-state index is 0.736. The quantitative estimate of drug-likeness (QED) is 0.582. The maximum Gasteiger partial charge on any atom is 0.0946 e. The lowest BCUT2D eigenvalue weighted by molar-refractivity contribution is 0.769. The van der Waals surface area contributed by atoms with Gasteiger partial charge in [0.2, 0.25) is 0 Å². The summed E-state index contributed by atoms with van der Waals surface area (Å²) < 4.78 is 1.89. The van der Waals surface area contributed by atoms with Gasteiger partial charge in [0, 0.05) is 25.5 Å². The van der Waals surface area contributed by atoms with E-state index in [0.29, 0.717) is 0 Å². The monoisotopic (exact) mass is 110 g/mol. The third-order valence-electron chi connectivity index (χ3n) is 0.875. The zero-order valence-corrected chi connectivity index (χ0v) is 4.49. The average molecular weight is 110 g/mol. The van der Waals surface area contributed by atoms with E-state index >= 15 is 0 Å². The summed E-state index contributed by atoms with van der Waals surface area (Å²) in [6.45, 7) is 2.32. The Balaban J connectivity index is 2.50. The lowest BCUT2D eigenvalue weighted by Crippen LogP contribution is -2.00. The summed E-state index contributed by atoms with van der Waals surface area (Å²) in [7, 11) is 0. The SMILES string of the molecule is N[CH]Cn1ccnc1. The van der Waals surface area contributed by atoms with Crippen LogP contribution in [-0.2, 0) is 6.54 Å². The molecule has 1 aromatic heterocycles. The Hall–Kier alpha value is -0.830. The first-order valence-corrected chi connectivity index (χ1v) is 2.42. The van der Waals surface area contributed by atoms with Gasteiger partial charge < -0.3 is 10.3 Å². The molecule has 1 radical (unpaired) electrons. The summed E-state index contributed by atoms with van der Waals surface area (Å²) >= 11 is 0. The van der Waals surface area contributed by atoms with Crippen molar-refractivity contribution < 1.29 is 0 Å². The Morgan fingerprint density at radius 1 is 1.75 bits per heavy atom. The molecule has 3 heteroatoms. The van der Waals surface area contributed by atoms with Crippen molar-refractivity contribution in [2.75, 3.05) is 0 Å². The first-order chi connectivity index (χ1) is 3.93. The van der Waals surface area contributed by atoms with E-state index in [-0.39, 0.29) is 0 Å². The molecule has 8 heavy (non-hydrogen) atoms. The second-order valence-corrected chi connectivity index (χ2v) is 1.50. The van der Waals surface area contributed by atoms with Gasteiger partial charge in [0.05, 0.1) is 6.33 Å². The van der Waals surface area contributed by atoms with Gasteiger partial charge in [-0.2, -0.15) is 0 Å². The van der Waals surface area contributed by atoms with Crippen LogP contribution in [0.5, 0.6) is 0 Å². The first-order valence-electron chi connectivity index (χ1n) is 2.42. The van der Waals surface area contributed by atoms with Crippen molar-refractivity contribution in [3.8, 4) is 0 Å². The van der Waals surface area contributed by atoms with Crippen LogP contribution in [0.15, 0.2) is 18.7 Å². The van der Waals surface area contributed by atoms with Crippen molar-refractivity contribution >= 4 is 0 Å². The molecular weight excluding hydrogens is 102 g/mol. The van der Waals surface area contributed by atoms with Crippen molar-refractivity contribution in [3.05, 3.63) is 25.3 Å². The Kier molecular flexibility index (Phi) is 1.64. The number of nitrogens with two attached hydrogens (primary N) is 1. The summed E-state index contributed by atoms with van der Waals surface area (Å²) in [5.41, 5.74) is 5.15. The maximum atomic E-state index is 5.15. The second kappa shape index (κ2) is 2.47. The van der Waals surface area contributed by atoms with Crippen LogP contribution < -0.4 is 5.73 Å². The zero-order valence-electron chi connectivity index (χ0n) is 4.49. The minimum Gasteiger partial charge on any atom is -0.336 e. The molecule has 0 fully saturated rings. The molecule has 0 bridgehead atoms. The topological polar surface area (TPSA) is 43.8 Å². The molecule has 1 aromatic rings. The fourth-order valence-electron chi connectivity index (χ4n) is 0.516. The lowest BCUT2D eigenvalue weighted by Gasteiger charge is -1.92. The van der Waals surface area contributed by atoms with E-state index < -0.39 is 0 Å². The van der Waals surface area contributed by atoms with Gasteiger partial charge in [0.15, 0.2) is 0 Å². The minimum atomic E-state index is 0.736. The van der Waals surface area contributed by atoms with Gasteiger partial charge in [0.1, 0.15) is 0 Å². The van der Waals surface area contributed by atoms with Crippen molar-refractivity contribution in [2.45, 2.75) is 6.54 Å². The molecule has 1 heterocycles. The van der Waals surface area contributed by atoms with Gasteiger partial charge in [0.25, 0.3) is 0 Å². The Morgan fingerprint density at radius 3 is 3.12 bits per heavy atom. The van der Waals surface area contributed by atoms with Crippen LogP contribution in [0.4, 0.5) is 0 Å². The van der Waals surface area contributed by atoms with E-state index in [4.69, 9.17) is 5.73 Å². The van der Waals surface area contributed by atoms with Crippen molar-refractivity contribution in [1.82, 2.24) is 9.55 Å². The van der Waals surface area contributed by atoms with Crippen LogP contribution in [0, 0.1) is 6.54 Å². The molecule has 3 nitrogen and oxygen atoms in total. The van der Waals surface area contributed by atoms with Crippen LogP contribution in [-0.4, -0.2) is 9.55 Å². The number of hydrogen-bond acceptors (Lipinski definition) is 2. The highest BCUT2D eigenvalue weighted by atomic mass is 15.0. The van der Waals surface area contributed by atoms with E-state index in [2.05, 4.69) is 4.98 Å². The highest BCUT2D eigenvalue weighted by Gasteiger charge is 1.82. The molecule has 0 aliphatic carbocycles. The molecule has 0 atom stereocenters. The van der Waals surface area contributed by atoms with E-state index in [1.165, 1.54) is 0 Å². The third-order valence-corrected chi connectivity index (χ3v) is 0.875. The zero-order chi connectivity index (χ0) is 5.82. The standard InChI is InChI=1S/C5H8N3/c6-1-3-8-4-2-7-5-8/h1-2,4-5H,3,6H2. The molecule has 0 saturated carbocycles. The summed E-state index contributed by atoms with van der Waals surface area (Å²) in [5, 5.41) is 0.